The van der Waals surface area contributed by atoms with Gasteiger partial charge in [-0.05, 0) is 18.1 Å². The van der Waals surface area contributed by atoms with Gasteiger partial charge >= 0.3 is 5.97 Å². The van der Waals surface area contributed by atoms with Gasteiger partial charge in [-0.1, -0.05) is 18.2 Å². The Morgan fingerprint density at radius 2 is 1.39 bits per heavy atom. The standard InChI is InChI=1S/C26H31N9O6/c27-18(5-14-8-30-19-4-2-1-3-17(14)19)23(37)33-20(6-15-9-28-12-31-15)24(38)35-22(11-36)25(39)34-21(26(40)41)7-16-10-29-13-32-16/h1-4,8-10,12-13,18,20-22,30,36H,5-7,11,27H2,(H,28,31)(H,29,32)(H,33,37)(H,34,39)(H,35,38)(H,40,41). The number of amides is 3. The number of carbonyl (C=O) groups is 4. The molecule has 3 amide bonds. The van der Waals surface area contributed by atoms with Crippen molar-refractivity contribution in [2.24, 2.45) is 5.73 Å². The van der Waals surface area contributed by atoms with Crippen molar-refractivity contribution in [3.63, 3.8) is 0 Å². The highest BCUT2D eigenvalue weighted by Gasteiger charge is 2.31. The van der Waals surface area contributed by atoms with E-state index < -0.39 is 54.5 Å². The lowest BCUT2D eigenvalue weighted by atomic mass is 10.0. The number of aliphatic hydroxyl groups excluding tert-OH is 1. The molecule has 0 bridgehead atoms. The number of nitrogens with zero attached hydrogens (tertiary/aromatic N) is 2. The number of nitrogens with one attached hydrogen (secondary N) is 6. The number of fused-ring (bicyclic) bond motifs is 1. The zero-order valence-electron chi connectivity index (χ0n) is 21.8. The van der Waals surface area contributed by atoms with Crippen molar-refractivity contribution >= 4 is 34.6 Å². The number of carboxylic acids is 1. The molecule has 0 saturated heterocycles. The zero-order chi connectivity index (χ0) is 29.4. The number of imidazole rings is 2. The van der Waals surface area contributed by atoms with Gasteiger partial charge in [-0.3, -0.25) is 14.4 Å². The molecule has 15 heteroatoms. The molecule has 10 N–H and O–H groups in total. The Labute approximate surface area is 233 Å². The Balaban J connectivity index is 1.42. The van der Waals surface area contributed by atoms with E-state index in [1.165, 1.54) is 25.0 Å². The first-order chi connectivity index (χ1) is 19.7. The van der Waals surface area contributed by atoms with E-state index >= 15 is 0 Å². The molecule has 0 saturated carbocycles. The van der Waals surface area contributed by atoms with Crippen LogP contribution in [-0.2, 0) is 38.4 Å². The average Bonchev–Trinajstić information content (AvgIpc) is 3.74. The van der Waals surface area contributed by atoms with E-state index in [9.17, 15) is 29.4 Å². The van der Waals surface area contributed by atoms with Crippen LogP contribution in [0.4, 0.5) is 0 Å². The van der Waals surface area contributed by atoms with Crippen LogP contribution >= 0.6 is 0 Å². The van der Waals surface area contributed by atoms with Crippen molar-refractivity contribution in [1.29, 1.82) is 0 Å². The Morgan fingerprint density at radius 1 is 0.805 bits per heavy atom. The van der Waals surface area contributed by atoms with Crippen molar-refractivity contribution in [2.45, 2.75) is 43.4 Å². The maximum absolute atomic E-state index is 13.2. The second-order valence-electron chi connectivity index (χ2n) is 9.44. The van der Waals surface area contributed by atoms with Crippen LogP contribution in [-0.4, -0.2) is 89.6 Å². The molecule has 41 heavy (non-hydrogen) atoms. The number of H-pyrrole nitrogens is 3. The van der Waals surface area contributed by atoms with Gasteiger partial charge in [0, 0.05) is 53.7 Å². The summed E-state index contributed by atoms with van der Waals surface area (Å²) in [6.07, 6.45) is 7.52. The van der Waals surface area contributed by atoms with Crippen molar-refractivity contribution in [1.82, 2.24) is 40.9 Å². The number of aliphatic hydroxyl groups is 1. The monoisotopic (exact) mass is 565 g/mol. The van der Waals surface area contributed by atoms with Gasteiger partial charge in [0.25, 0.3) is 0 Å². The molecule has 0 fully saturated rings. The normalized spacial score (nSPS) is 14.1. The van der Waals surface area contributed by atoms with E-state index in [0.717, 1.165) is 16.5 Å². The van der Waals surface area contributed by atoms with Crippen LogP contribution in [0.25, 0.3) is 10.9 Å². The van der Waals surface area contributed by atoms with Crippen LogP contribution in [0.1, 0.15) is 17.0 Å². The number of para-hydroxylation sites is 1. The molecule has 3 heterocycles. The predicted octanol–water partition coefficient (Wildman–Crippen LogP) is -1.50. The fraction of sp³-hybridized carbons (Fsp3) is 0.308. The summed E-state index contributed by atoms with van der Waals surface area (Å²) in [6.45, 7) is -0.821. The fourth-order valence-corrected chi connectivity index (χ4v) is 4.29. The van der Waals surface area contributed by atoms with Crippen molar-refractivity contribution < 1.29 is 29.4 Å². The second-order valence-corrected chi connectivity index (χ2v) is 9.44. The second kappa shape index (κ2) is 13.4. The molecule has 216 valence electrons. The number of rotatable bonds is 14. The number of carboxylic acid groups (broad SMARTS) is 1. The van der Waals surface area contributed by atoms with E-state index in [0.29, 0.717) is 11.4 Å². The molecule has 1 aromatic carbocycles. The Bertz CT molecular complexity index is 1470. The van der Waals surface area contributed by atoms with Crippen LogP contribution in [0.2, 0.25) is 0 Å². The maximum atomic E-state index is 13.2. The lowest BCUT2D eigenvalue weighted by molar-refractivity contribution is -0.142. The van der Waals surface area contributed by atoms with Crippen molar-refractivity contribution in [3.8, 4) is 0 Å². The van der Waals surface area contributed by atoms with E-state index in [2.05, 4.69) is 40.9 Å². The quantitative estimate of drug-likeness (QED) is 0.0862. The predicted molar refractivity (Wildman–Crippen MR) is 145 cm³/mol. The van der Waals surface area contributed by atoms with Gasteiger partial charge in [-0.15, -0.1) is 0 Å². The molecule has 0 aliphatic heterocycles. The fourth-order valence-electron chi connectivity index (χ4n) is 4.29. The SMILES string of the molecule is NC(Cc1c[nH]c2ccccc12)C(=O)NC(Cc1cnc[nH]1)C(=O)NC(CO)C(=O)NC(Cc1cnc[nH]1)C(=O)O. The van der Waals surface area contributed by atoms with Crippen LogP contribution < -0.4 is 21.7 Å². The Kier molecular flexibility index (Phi) is 9.44. The van der Waals surface area contributed by atoms with Crippen LogP contribution in [0.5, 0.6) is 0 Å². The third kappa shape index (κ3) is 7.55. The number of nitrogens with two attached hydrogens (primary N) is 1. The molecule has 0 spiro atoms. The highest BCUT2D eigenvalue weighted by molar-refractivity contribution is 5.94. The minimum absolute atomic E-state index is 0.0191. The first-order valence-electron chi connectivity index (χ1n) is 12.7. The molecule has 0 aliphatic carbocycles. The van der Waals surface area contributed by atoms with Crippen LogP contribution in [0.3, 0.4) is 0 Å². The van der Waals surface area contributed by atoms with E-state index in [1.807, 2.05) is 24.3 Å². The molecule has 4 unspecified atom stereocenters. The van der Waals surface area contributed by atoms with Crippen LogP contribution in [0, 0.1) is 0 Å². The summed E-state index contributed by atoms with van der Waals surface area (Å²) in [7, 11) is 0. The summed E-state index contributed by atoms with van der Waals surface area (Å²) >= 11 is 0. The lowest BCUT2D eigenvalue weighted by Gasteiger charge is -2.24. The van der Waals surface area contributed by atoms with Gasteiger partial charge in [0.2, 0.25) is 17.7 Å². The maximum Gasteiger partial charge on any atom is 0.326 e. The summed E-state index contributed by atoms with van der Waals surface area (Å²) in [4.78, 5) is 67.2. The van der Waals surface area contributed by atoms with Crippen LogP contribution in [0.15, 0.2) is 55.5 Å². The topological polar surface area (TPSA) is 244 Å². The molecule has 0 radical (unpaired) electrons. The summed E-state index contributed by atoms with van der Waals surface area (Å²) in [6, 6.07) is 2.53. The lowest BCUT2D eigenvalue weighted by Crippen LogP contribution is -2.58. The highest BCUT2D eigenvalue weighted by Crippen LogP contribution is 2.18. The van der Waals surface area contributed by atoms with E-state index in [1.54, 1.807) is 6.20 Å². The van der Waals surface area contributed by atoms with Gasteiger partial charge in [0.05, 0.1) is 25.3 Å². The summed E-state index contributed by atoms with van der Waals surface area (Å²) < 4.78 is 0. The number of hydrogen-bond donors (Lipinski definition) is 9. The molecule has 0 aliphatic rings. The van der Waals surface area contributed by atoms with E-state index in [-0.39, 0.29) is 19.3 Å². The van der Waals surface area contributed by atoms with Gasteiger partial charge in [0.15, 0.2) is 0 Å². The molecular formula is C26H31N9O6. The average molecular weight is 566 g/mol. The highest BCUT2D eigenvalue weighted by atomic mass is 16.4. The number of aliphatic carboxylic acids is 1. The first-order valence-corrected chi connectivity index (χ1v) is 12.7. The number of aromatic nitrogens is 5. The third-order valence-electron chi connectivity index (χ3n) is 6.47. The number of benzene rings is 1. The molecule has 3 aromatic heterocycles. The summed E-state index contributed by atoms with van der Waals surface area (Å²) in [5, 5.41) is 27.6. The minimum atomic E-state index is -1.49. The molecule has 4 aromatic rings. The van der Waals surface area contributed by atoms with Gasteiger partial charge in [0.1, 0.15) is 18.1 Å². The molecular weight excluding hydrogens is 534 g/mol. The third-order valence-corrected chi connectivity index (χ3v) is 6.47. The number of carbonyl (C=O) groups excluding carboxylic acids is 3. The minimum Gasteiger partial charge on any atom is -0.480 e. The Morgan fingerprint density at radius 3 is 2.00 bits per heavy atom. The largest absolute Gasteiger partial charge is 0.480 e. The molecule has 4 atom stereocenters. The molecule has 15 nitrogen and oxygen atoms in total. The number of hydrogen-bond acceptors (Lipinski definition) is 8. The first kappa shape index (κ1) is 29.0. The van der Waals surface area contributed by atoms with Gasteiger partial charge < -0.3 is 46.8 Å². The summed E-state index contributed by atoms with van der Waals surface area (Å²) in [5.41, 5.74) is 8.91. The smallest absolute Gasteiger partial charge is 0.326 e. The number of aromatic amines is 3. The van der Waals surface area contributed by atoms with Crippen molar-refractivity contribution in [3.05, 3.63) is 72.5 Å². The molecule has 4 rings (SSSR count). The zero-order valence-corrected chi connectivity index (χ0v) is 21.8. The Hall–Kier alpha value is -5.02. The van der Waals surface area contributed by atoms with Crippen molar-refractivity contribution in [2.75, 3.05) is 6.61 Å². The van der Waals surface area contributed by atoms with Gasteiger partial charge in [-0.2, -0.15) is 0 Å². The summed E-state index contributed by atoms with van der Waals surface area (Å²) in [5.74, 6) is -3.63. The van der Waals surface area contributed by atoms with Gasteiger partial charge in [-0.25, -0.2) is 14.8 Å². The van der Waals surface area contributed by atoms with E-state index in [4.69, 9.17) is 5.73 Å².